The number of nitrogens with one attached hydrogen (secondary N) is 1. The summed E-state index contributed by atoms with van der Waals surface area (Å²) in [6, 6.07) is 6.32. The van der Waals surface area contributed by atoms with Crippen molar-refractivity contribution < 1.29 is 28.1 Å². The Kier molecular flexibility index (Phi) is 7.52. The largest absolute Gasteiger partial charge is 0.573 e. The number of nitrogens with zero attached hydrogens (tertiary/aromatic N) is 5. The number of ether oxygens (including phenoxy) is 1. The maximum atomic E-state index is 12.5. The summed E-state index contributed by atoms with van der Waals surface area (Å²) >= 11 is 0. The SMILES string of the molecule is CC(C)N(CC1CC(n2ccc3c(N)ncnc32)C(O)C1O)C1CC(CCc2nc3ccc(OC(F)(F)F)cc3[nH]2)C1. The van der Waals surface area contributed by atoms with E-state index in [1.165, 1.54) is 24.5 Å². The minimum absolute atomic E-state index is 0.0927. The summed E-state index contributed by atoms with van der Waals surface area (Å²) < 4.78 is 43.5. The van der Waals surface area contributed by atoms with Gasteiger partial charge in [0.05, 0.1) is 28.6 Å². The molecule has 0 aliphatic heterocycles. The van der Waals surface area contributed by atoms with Crippen LogP contribution in [0.5, 0.6) is 5.75 Å². The van der Waals surface area contributed by atoms with E-state index in [9.17, 15) is 23.4 Å². The standard InChI is InChI=1S/C29H36F3N7O3/c1-15(2)39(13-17-11-23(26(41)25(17)40)38-8-7-20-27(33)34-14-35-28(20)38)18-9-16(10-18)3-6-24-36-21-5-4-19(12-22(21)37-24)42-29(30,31)32/h4-5,7-8,12,14-18,23,25-26,40-41H,3,6,9-11,13H2,1-2H3,(H,36,37)(H2,33,34,35). The monoisotopic (exact) mass is 587 g/mol. The van der Waals surface area contributed by atoms with Crippen LogP contribution in [0.4, 0.5) is 19.0 Å². The van der Waals surface area contributed by atoms with Crippen molar-refractivity contribution in [1.82, 2.24) is 29.4 Å². The number of aromatic amines is 1. The van der Waals surface area contributed by atoms with E-state index in [1.807, 2.05) is 16.8 Å². The number of halogens is 3. The highest BCUT2D eigenvalue weighted by atomic mass is 19.4. The number of hydrogen-bond donors (Lipinski definition) is 4. The summed E-state index contributed by atoms with van der Waals surface area (Å²) in [6.45, 7) is 5.01. The number of anilines is 1. The minimum Gasteiger partial charge on any atom is -0.406 e. The topological polar surface area (TPSA) is 138 Å². The van der Waals surface area contributed by atoms with Crippen LogP contribution < -0.4 is 10.5 Å². The summed E-state index contributed by atoms with van der Waals surface area (Å²) in [5, 5.41) is 22.8. The fraction of sp³-hybridized carbons (Fsp3) is 0.552. The molecule has 0 saturated heterocycles. The van der Waals surface area contributed by atoms with Gasteiger partial charge >= 0.3 is 6.36 Å². The summed E-state index contributed by atoms with van der Waals surface area (Å²) in [5.74, 6) is 1.28. The van der Waals surface area contributed by atoms with Crippen LogP contribution in [-0.4, -0.2) is 76.8 Å². The molecule has 3 aromatic heterocycles. The van der Waals surface area contributed by atoms with Gasteiger partial charge in [-0.2, -0.15) is 0 Å². The fourth-order valence-electron chi connectivity index (χ4n) is 6.77. The van der Waals surface area contributed by atoms with Gasteiger partial charge in [-0.15, -0.1) is 13.2 Å². The van der Waals surface area contributed by atoms with Crippen LogP contribution in [0.15, 0.2) is 36.8 Å². The van der Waals surface area contributed by atoms with Gasteiger partial charge in [-0.3, -0.25) is 4.90 Å². The van der Waals surface area contributed by atoms with Crippen LogP contribution in [0.1, 0.15) is 51.4 Å². The van der Waals surface area contributed by atoms with Crippen LogP contribution in [0.25, 0.3) is 22.1 Å². The van der Waals surface area contributed by atoms with Crippen molar-refractivity contribution in [3.05, 3.63) is 42.6 Å². The number of nitrogen functional groups attached to an aromatic ring is 1. The Morgan fingerprint density at radius 2 is 1.93 bits per heavy atom. The number of benzene rings is 1. The fourth-order valence-corrected chi connectivity index (χ4v) is 6.77. The molecule has 2 aliphatic rings. The number of nitrogens with two attached hydrogens (primary N) is 1. The first kappa shape index (κ1) is 28.7. The predicted octanol–water partition coefficient (Wildman–Crippen LogP) is 4.19. The van der Waals surface area contributed by atoms with Gasteiger partial charge in [0.25, 0.3) is 0 Å². The lowest BCUT2D eigenvalue weighted by Crippen LogP contribution is -2.51. The number of aryl methyl sites for hydroxylation is 1. The first-order valence-corrected chi connectivity index (χ1v) is 14.4. The molecule has 2 fully saturated rings. The van der Waals surface area contributed by atoms with Gasteiger partial charge in [0.1, 0.15) is 35.5 Å². The summed E-state index contributed by atoms with van der Waals surface area (Å²) in [7, 11) is 0. The molecule has 0 spiro atoms. The van der Waals surface area contributed by atoms with Crippen LogP contribution in [0.3, 0.4) is 0 Å². The lowest BCUT2D eigenvalue weighted by atomic mass is 9.76. The van der Waals surface area contributed by atoms with E-state index in [0.29, 0.717) is 53.8 Å². The highest BCUT2D eigenvalue weighted by Gasteiger charge is 2.45. The van der Waals surface area contributed by atoms with Crippen molar-refractivity contribution in [2.75, 3.05) is 12.3 Å². The Bertz CT molecular complexity index is 1550. The Labute approximate surface area is 240 Å². The molecule has 1 aromatic carbocycles. The van der Waals surface area contributed by atoms with Gasteiger partial charge in [0, 0.05) is 43.2 Å². The number of aromatic nitrogens is 5. The highest BCUT2D eigenvalue weighted by Crippen LogP contribution is 2.41. The van der Waals surface area contributed by atoms with E-state index in [1.54, 1.807) is 0 Å². The summed E-state index contributed by atoms with van der Waals surface area (Å²) in [4.78, 5) is 18.5. The second-order valence-electron chi connectivity index (χ2n) is 12.0. The maximum absolute atomic E-state index is 12.5. The lowest BCUT2D eigenvalue weighted by Gasteiger charge is -2.46. The number of aliphatic hydroxyl groups is 2. The zero-order valence-corrected chi connectivity index (χ0v) is 23.5. The molecule has 0 amide bonds. The molecule has 4 unspecified atom stereocenters. The van der Waals surface area contributed by atoms with Gasteiger partial charge in [-0.25, -0.2) is 15.0 Å². The first-order chi connectivity index (χ1) is 20.0. The van der Waals surface area contributed by atoms with E-state index in [2.05, 4.69) is 43.4 Å². The number of H-pyrrole nitrogens is 1. The van der Waals surface area contributed by atoms with E-state index in [-0.39, 0.29) is 23.8 Å². The van der Waals surface area contributed by atoms with Crippen molar-refractivity contribution in [2.45, 2.75) is 82.6 Å². The van der Waals surface area contributed by atoms with Crippen molar-refractivity contribution in [1.29, 1.82) is 0 Å². The minimum atomic E-state index is -4.74. The van der Waals surface area contributed by atoms with Crippen LogP contribution in [0.2, 0.25) is 0 Å². The second-order valence-corrected chi connectivity index (χ2v) is 12.0. The Balaban J connectivity index is 1.04. The third kappa shape index (κ3) is 5.64. The Morgan fingerprint density at radius 1 is 1.14 bits per heavy atom. The quantitative estimate of drug-likeness (QED) is 0.229. The van der Waals surface area contributed by atoms with Crippen molar-refractivity contribution in [3.63, 3.8) is 0 Å². The molecule has 2 saturated carbocycles. The molecule has 4 atom stereocenters. The van der Waals surface area contributed by atoms with E-state index in [4.69, 9.17) is 5.73 Å². The molecule has 226 valence electrons. The second kappa shape index (κ2) is 11.0. The van der Waals surface area contributed by atoms with Gasteiger partial charge in [0.2, 0.25) is 0 Å². The summed E-state index contributed by atoms with van der Waals surface area (Å²) in [6.07, 6.45) is 1.07. The molecule has 5 N–H and O–H groups in total. The van der Waals surface area contributed by atoms with E-state index < -0.39 is 18.6 Å². The average Bonchev–Trinajstić information content (AvgIpc) is 3.58. The molecule has 3 heterocycles. The molecular weight excluding hydrogens is 551 g/mol. The van der Waals surface area contributed by atoms with Crippen molar-refractivity contribution in [2.24, 2.45) is 11.8 Å². The van der Waals surface area contributed by atoms with Gasteiger partial charge in [-0.05, 0) is 63.6 Å². The predicted molar refractivity (Wildman–Crippen MR) is 151 cm³/mol. The number of hydrogen-bond acceptors (Lipinski definition) is 8. The maximum Gasteiger partial charge on any atom is 0.573 e. The van der Waals surface area contributed by atoms with Crippen molar-refractivity contribution >= 4 is 27.9 Å². The third-order valence-electron chi connectivity index (χ3n) is 8.98. The number of rotatable bonds is 9. The third-order valence-corrected chi connectivity index (χ3v) is 8.98. The number of aliphatic hydroxyl groups excluding tert-OH is 2. The number of alkyl halides is 3. The molecule has 42 heavy (non-hydrogen) atoms. The zero-order chi connectivity index (χ0) is 29.8. The molecule has 10 nitrogen and oxygen atoms in total. The summed E-state index contributed by atoms with van der Waals surface area (Å²) in [5.41, 5.74) is 7.77. The lowest BCUT2D eigenvalue weighted by molar-refractivity contribution is -0.274. The average molecular weight is 588 g/mol. The molecule has 0 radical (unpaired) electrons. The normalized spacial score (nSPS) is 26.5. The van der Waals surface area contributed by atoms with Gasteiger partial charge < -0.3 is 30.2 Å². The van der Waals surface area contributed by atoms with E-state index in [0.717, 1.165) is 30.5 Å². The van der Waals surface area contributed by atoms with Crippen LogP contribution in [-0.2, 0) is 6.42 Å². The smallest absolute Gasteiger partial charge is 0.406 e. The first-order valence-electron chi connectivity index (χ1n) is 14.4. The van der Waals surface area contributed by atoms with E-state index >= 15 is 0 Å². The van der Waals surface area contributed by atoms with Crippen LogP contribution in [0, 0.1) is 11.8 Å². The van der Waals surface area contributed by atoms with Crippen molar-refractivity contribution in [3.8, 4) is 5.75 Å². The molecule has 13 heteroatoms. The Hall–Kier alpha value is -3.42. The molecular formula is C29H36F3N7O3. The van der Waals surface area contributed by atoms with Gasteiger partial charge in [0.15, 0.2) is 0 Å². The molecule has 2 aliphatic carbocycles. The zero-order valence-electron chi connectivity index (χ0n) is 23.5. The van der Waals surface area contributed by atoms with Crippen LogP contribution >= 0.6 is 0 Å². The molecule has 6 rings (SSSR count). The number of imidazole rings is 1. The van der Waals surface area contributed by atoms with Gasteiger partial charge in [-0.1, -0.05) is 0 Å². The number of fused-ring (bicyclic) bond motifs is 2. The highest BCUT2D eigenvalue weighted by molar-refractivity contribution is 5.86. The molecule has 4 aromatic rings. The molecule has 0 bridgehead atoms. The Morgan fingerprint density at radius 3 is 2.67 bits per heavy atom.